The van der Waals surface area contributed by atoms with Crippen LogP contribution in [-0.4, -0.2) is 46.8 Å². The Kier molecular flexibility index (Phi) is 6.21. The minimum Gasteiger partial charge on any atom is -0.456 e. The van der Waals surface area contributed by atoms with Crippen molar-refractivity contribution in [3.8, 4) is 0 Å². The van der Waals surface area contributed by atoms with Crippen molar-refractivity contribution < 1.29 is 14.3 Å². The number of rotatable bonds is 9. The summed E-state index contributed by atoms with van der Waals surface area (Å²) in [6.07, 6.45) is 2.35. The SMILES string of the molecule is CCCN(CCC)C1=C(C(=O)OCc2ccccc2)N2C(=O)C(N=[N+]=[N-])C2C1. The smallest absolute Gasteiger partial charge is 0.357 e. The van der Waals surface area contributed by atoms with Gasteiger partial charge in [0, 0.05) is 30.1 Å². The van der Waals surface area contributed by atoms with Crippen LogP contribution in [0.1, 0.15) is 38.7 Å². The van der Waals surface area contributed by atoms with Crippen molar-refractivity contribution in [1.82, 2.24) is 9.80 Å². The Bertz CT molecular complexity index is 810. The summed E-state index contributed by atoms with van der Waals surface area (Å²) in [5, 5.41) is 3.62. The average Bonchev–Trinajstić information content (AvgIpc) is 3.07. The number of amides is 1. The van der Waals surface area contributed by atoms with Crippen molar-refractivity contribution in [1.29, 1.82) is 0 Å². The molecule has 0 N–H and O–H groups in total. The molecule has 2 heterocycles. The number of ether oxygens (including phenoxy) is 1. The molecular formula is C20H25N5O3. The fourth-order valence-electron chi connectivity index (χ4n) is 3.83. The minimum absolute atomic E-state index is 0.143. The molecule has 8 heteroatoms. The second-order valence-electron chi connectivity index (χ2n) is 6.97. The maximum Gasteiger partial charge on any atom is 0.357 e. The molecule has 2 atom stereocenters. The highest BCUT2D eigenvalue weighted by atomic mass is 16.5. The zero-order valence-electron chi connectivity index (χ0n) is 16.2. The topological polar surface area (TPSA) is 98.6 Å². The van der Waals surface area contributed by atoms with Crippen LogP contribution in [0.2, 0.25) is 0 Å². The quantitative estimate of drug-likeness (QED) is 0.215. The van der Waals surface area contributed by atoms with Gasteiger partial charge in [-0.15, -0.1) is 0 Å². The molecule has 1 aromatic rings. The van der Waals surface area contributed by atoms with Gasteiger partial charge < -0.3 is 9.64 Å². The Morgan fingerprint density at radius 1 is 1.29 bits per heavy atom. The summed E-state index contributed by atoms with van der Waals surface area (Å²) in [6, 6.07) is 8.38. The van der Waals surface area contributed by atoms with E-state index >= 15 is 0 Å². The van der Waals surface area contributed by atoms with Crippen LogP contribution in [0.5, 0.6) is 0 Å². The van der Waals surface area contributed by atoms with Gasteiger partial charge >= 0.3 is 5.97 Å². The minimum atomic E-state index is -0.746. The number of carbonyl (C=O) groups is 2. The molecule has 2 unspecified atom stereocenters. The molecule has 0 radical (unpaired) electrons. The van der Waals surface area contributed by atoms with Gasteiger partial charge in [0.1, 0.15) is 18.3 Å². The Morgan fingerprint density at radius 3 is 2.57 bits per heavy atom. The van der Waals surface area contributed by atoms with Crippen molar-refractivity contribution in [2.24, 2.45) is 5.11 Å². The number of β-lactam (4-membered cyclic amide) rings is 1. The molecule has 148 valence electrons. The number of nitrogens with zero attached hydrogens (tertiary/aromatic N) is 5. The van der Waals surface area contributed by atoms with Crippen LogP contribution >= 0.6 is 0 Å². The first-order chi connectivity index (χ1) is 13.6. The highest BCUT2D eigenvalue weighted by molar-refractivity contribution is 6.01. The van der Waals surface area contributed by atoms with Gasteiger partial charge in [-0.25, -0.2) is 4.79 Å². The zero-order valence-corrected chi connectivity index (χ0v) is 16.2. The first-order valence-electron chi connectivity index (χ1n) is 9.68. The van der Waals surface area contributed by atoms with Gasteiger partial charge in [0.25, 0.3) is 0 Å². The number of benzene rings is 1. The molecular weight excluding hydrogens is 358 g/mol. The van der Waals surface area contributed by atoms with E-state index in [1.807, 2.05) is 30.3 Å². The molecule has 2 aliphatic rings. The molecule has 2 aliphatic heterocycles. The summed E-state index contributed by atoms with van der Waals surface area (Å²) in [4.78, 5) is 31.8. The fourth-order valence-corrected chi connectivity index (χ4v) is 3.83. The first-order valence-corrected chi connectivity index (χ1v) is 9.68. The van der Waals surface area contributed by atoms with Crippen molar-refractivity contribution in [3.63, 3.8) is 0 Å². The predicted octanol–water partition coefficient (Wildman–Crippen LogP) is 3.36. The maximum absolute atomic E-state index is 12.9. The van der Waals surface area contributed by atoms with Gasteiger partial charge in [0.05, 0.1) is 6.04 Å². The van der Waals surface area contributed by atoms with E-state index in [9.17, 15) is 9.59 Å². The van der Waals surface area contributed by atoms with Crippen molar-refractivity contribution in [3.05, 3.63) is 57.7 Å². The number of hydrogen-bond donors (Lipinski definition) is 0. The van der Waals surface area contributed by atoms with E-state index < -0.39 is 12.0 Å². The summed E-state index contributed by atoms with van der Waals surface area (Å²) in [7, 11) is 0. The van der Waals surface area contributed by atoms with Crippen LogP contribution in [0.15, 0.2) is 46.8 Å². The van der Waals surface area contributed by atoms with Crippen molar-refractivity contribution in [2.45, 2.75) is 51.8 Å². The van der Waals surface area contributed by atoms with Gasteiger partial charge in [-0.05, 0) is 23.9 Å². The molecule has 8 nitrogen and oxygen atoms in total. The normalized spacial score (nSPS) is 20.4. The average molecular weight is 383 g/mol. The largest absolute Gasteiger partial charge is 0.456 e. The van der Waals surface area contributed by atoms with E-state index in [4.69, 9.17) is 10.3 Å². The molecule has 0 spiro atoms. The van der Waals surface area contributed by atoms with Gasteiger partial charge in [-0.1, -0.05) is 49.3 Å². The molecule has 3 rings (SSSR count). The summed E-state index contributed by atoms with van der Waals surface area (Å²) in [6.45, 7) is 5.88. The number of azide groups is 1. The van der Waals surface area contributed by atoms with Gasteiger partial charge in [-0.2, -0.15) is 0 Å². The van der Waals surface area contributed by atoms with Crippen LogP contribution < -0.4 is 0 Å². The number of carbonyl (C=O) groups excluding carboxylic acids is 2. The van der Waals surface area contributed by atoms with Crippen LogP contribution in [-0.2, 0) is 20.9 Å². The molecule has 1 amide bonds. The Hall–Kier alpha value is -2.99. The lowest BCUT2D eigenvalue weighted by atomic mass is 9.96. The molecule has 0 bridgehead atoms. The second kappa shape index (κ2) is 8.80. The lowest BCUT2D eigenvalue weighted by molar-refractivity contribution is -0.152. The zero-order chi connectivity index (χ0) is 20.1. The Morgan fingerprint density at radius 2 is 1.96 bits per heavy atom. The summed E-state index contributed by atoms with van der Waals surface area (Å²) in [5.74, 6) is -0.844. The first kappa shape index (κ1) is 19.8. The Balaban J connectivity index is 1.86. The lowest BCUT2D eigenvalue weighted by Gasteiger charge is -2.40. The van der Waals surface area contributed by atoms with E-state index in [2.05, 4.69) is 28.8 Å². The molecule has 0 aromatic heterocycles. The molecule has 1 fully saturated rings. The third kappa shape index (κ3) is 3.68. The molecule has 0 saturated carbocycles. The van der Waals surface area contributed by atoms with E-state index in [0.29, 0.717) is 12.1 Å². The summed E-state index contributed by atoms with van der Waals surface area (Å²) >= 11 is 0. The van der Waals surface area contributed by atoms with E-state index in [1.165, 1.54) is 4.90 Å². The number of esters is 1. The van der Waals surface area contributed by atoms with E-state index in [-0.39, 0.29) is 18.6 Å². The molecule has 28 heavy (non-hydrogen) atoms. The fraction of sp³-hybridized carbons (Fsp3) is 0.500. The molecule has 1 aromatic carbocycles. The number of fused-ring (bicyclic) bond motifs is 1. The third-order valence-electron chi connectivity index (χ3n) is 5.05. The second-order valence-corrected chi connectivity index (χ2v) is 6.97. The van der Waals surface area contributed by atoms with E-state index in [1.54, 1.807) is 0 Å². The van der Waals surface area contributed by atoms with Gasteiger partial charge in [0.2, 0.25) is 5.91 Å². The summed E-state index contributed by atoms with van der Waals surface area (Å²) < 4.78 is 5.52. The van der Waals surface area contributed by atoms with Crippen LogP contribution in [0.4, 0.5) is 0 Å². The van der Waals surface area contributed by atoms with E-state index in [0.717, 1.165) is 37.2 Å². The maximum atomic E-state index is 12.9. The molecule has 1 saturated heterocycles. The predicted molar refractivity (Wildman–Crippen MR) is 104 cm³/mol. The van der Waals surface area contributed by atoms with Crippen molar-refractivity contribution in [2.75, 3.05) is 13.1 Å². The van der Waals surface area contributed by atoms with Crippen LogP contribution in [0.25, 0.3) is 10.4 Å². The lowest BCUT2D eigenvalue weighted by Crippen LogP contribution is -2.61. The van der Waals surface area contributed by atoms with Gasteiger partial charge in [-0.3, -0.25) is 9.69 Å². The summed E-state index contributed by atoms with van der Waals surface area (Å²) in [5.41, 5.74) is 10.7. The Labute approximate surface area is 164 Å². The highest BCUT2D eigenvalue weighted by Crippen LogP contribution is 2.42. The standard InChI is InChI=1S/C20H25N5O3/c1-3-10-24(11-4-2)16-12-15-17(22-23-21)19(26)25(15)18(16)20(27)28-13-14-8-6-5-7-9-14/h5-9,15,17H,3-4,10-13H2,1-2H3. The van der Waals surface area contributed by atoms with Crippen molar-refractivity contribution >= 4 is 11.9 Å². The number of hydrogen-bond acceptors (Lipinski definition) is 5. The van der Waals surface area contributed by atoms with Crippen LogP contribution in [0, 0.1) is 0 Å². The van der Waals surface area contributed by atoms with Gasteiger partial charge in [0.15, 0.2) is 0 Å². The third-order valence-corrected chi connectivity index (χ3v) is 5.05. The highest BCUT2D eigenvalue weighted by Gasteiger charge is 2.56. The molecule has 0 aliphatic carbocycles. The monoisotopic (exact) mass is 383 g/mol. The van der Waals surface area contributed by atoms with Crippen LogP contribution in [0.3, 0.4) is 0 Å².